The van der Waals surface area contributed by atoms with E-state index in [1.165, 1.54) is 11.1 Å². The molecule has 0 unspecified atom stereocenters. The molecule has 0 radical (unpaired) electrons. The second kappa shape index (κ2) is 6.58. The summed E-state index contributed by atoms with van der Waals surface area (Å²) >= 11 is 0. The molecule has 130 valence electrons. The summed E-state index contributed by atoms with van der Waals surface area (Å²) < 4.78 is 5.45. The predicted molar refractivity (Wildman–Crippen MR) is 93.3 cm³/mol. The number of Topliss-reactive ketones (excluding diaryl/α,β-unsaturated/α-hetero) is 1. The van der Waals surface area contributed by atoms with Crippen LogP contribution in [0, 0.1) is 5.92 Å². The van der Waals surface area contributed by atoms with E-state index < -0.39 is 5.60 Å². The molecule has 3 rings (SSSR count). The molecule has 1 aliphatic carbocycles. The monoisotopic (exact) mass is 329 g/mol. The van der Waals surface area contributed by atoms with Gasteiger partial charge in [-0.2, -0.15) is 0 Å². The molecule has 0 aromatic heterocycles. The topological polar surface area (TPSA) is 46.6 Å². The van der Waals surface area contributed by atoms with Crippen molar-refractivity contribution in [3.63, 3.8) is 0 Å². The molecule has 1 heterocycles. The Kier molecular flexibility index (Phi) is 4.66. The molecule has 1 fully saturated rings. The Morgan fingerprint density at radius 3 is 2.58 bits per heavy atom. The number of hydrogen-bond donors (Lipinski definition) is 0. The van der Waals surface area contributed by atoms with Gasteiger partial charge in [0.15, 0.2) is 5.78 Å². The quantitative estimate of drug-likeness (QED) is 0.824. The van der Waals surface area contributed by atoms with Crippen molar-refractivity contribution >= 4 is 11.9 Å². The summed E-state index contributed by atoms with van der Waals surface area (Å²) in [4.78, 5) is 25.6. The number of rotatable bonds is 2. The van der Waals surface area contributed by atoms with E-state index in [2.05, 4.69) is 12.1 Å². The van der Waals surface area contributed by atoms with E-state index in [0.717, 1.165) is 44.3 Å². The zero-order valence-electron chi connectivity index (χ0n) is 14.9. The lowest BCUT2D eigenvalue weighted by atomic mass is 9.89. The minimum atomic E-state index is -0.435. The number of benzene rings is 1. The van der Waals surface area contributed by atoms with Gasteiger partial charge in [0, 0.05) is 25.1 Å². The Bertz CT molecular complexity index is 637. The van der Waals surface area contributed by atoms with Gasteiger partial charge in [-0.05, 0) is 63.5 Å². The van der Waals surface area contributed by atoms with Crippen LogP contribution in [0.2, 0.25) is 0 Å². The van der Waals surface area contributed by atoms with Crippen molar-refractivity contribution in [3.8, 4) is 0 Å². The van der Waals surface area contributed by atoms with Crippen LogP contribution >= 0.6 is 0 Å². The summed E-state index contributed by atoms with van der Waals surface area (Å²) in [6, 6.07) is 6.30. The molecular weight excluding hydrogens is 302 g/mol. The average molecular weight is 329 g/mol. The van der Waals surface area contributed by atoms with E-state index in [9.17, 15) is 9.59 Å². The van der Waals surface area contributed by atoms with Crippen molar-refractivity contribution in [2.75, 3.05) is 13.1 Å². The highest BCUT2D eigenvalue weighted by atomic mass is 16.6. The van der Waals surface area contributed by atoms with Crippen LogP contribution in [0.1, 0.15) is 61.5 Å². The van der Waals surface area contributed by atoms with E-state index in [-0.39, 0.29) is 11.9 Å². The number of nitrogens with zero attached hydrogens (tertiary/aromatic N) is 1. The molecule has 0 N–H and O–H groups in total. The summed E-state index contributed by atoms with van der Waals surface area (Å²) in [5.74, 6) is 0.876. The van der Waals surface area contributed by atoms with Gasteiger partial charge in [0.05, 0.1) is 0 Å². The number of hydrogen-bond acceptors (Lipinski definition) is 3. The molecule has 0 saturated carbocycles. The number of carbonyl (C=O) groups excluding carboxylic acids is 2. The van der Waals surface area contributed by atoms with Gasteiger partial charge in [-0.25, -0.2) is 4.79 Å². The number of carbonyl (C=O) groups is 2. The van der Waals surface area contributed by atoms with Crippen LogP contribution in [0.5, 0.6) is 0 Å². The maximum Gasteiger partial charge on any atom is 0.410 e. The van der Waals surface area contributed by atoms with Gasteiger partial charge in [-0.1, -0.05) is 18.2 Å². The molecule has 1 aromatic carbocycles. The van der Waals surface area contributed by atoms with Crippen molar-refractivity contribution < 1.29 is 14.3 Å². The second-order valence-electron chi connectivity index (χ2n) is 8.03. The van der Waals surface area contributed by atoms with Crippen LogP contribution in [0.25, 0.3) is 0 Å². The van der Waals surface area contributed by atoms with Crippen LogP contribution in [0.4, 0.5) is 4.79 Å². The second-order valence-corrected chi connectivity index (χ2v) is 8.03. The van der Waals surface area contributed by atoms with E-state index >= 15 is 0 Å². The SMILES string of the molecule is CC(C)(C)OC(=O)N1CCC(Cc2ccc3c(c2)CCC3=O)CC1. The molecule has 1 amide bonds. The largest absolute Gasteiger partial charge is 0.444 e. The predicted octanol–water partition coefficient (Wildman–Crippen LogP) is 4.01. The fraction of sp³-hybridized carbons (Fsp3) is 0.600. The molecule has 0 atom stereocenters. The Hall–Kier alpha value is -1.84. The van der Waals surface area contributed by atoms with E-state index in [1.807, 2.05) is 31.7 Å². The zero-order valence-corrected chi connectivity index (χ0v) is 14.9. The first-order valence-corrected chi connectivity index (χ1v) is 8.95. The third-order valence-electron chi connectivity index (χ3n) is 4.88. The molecule has 4 nitrogen and oxygen atoms in total. The number of likely N-dealkylation sites (tertiary alicyclic amines) is 1. The summed E-state index contributed by atoms with van der Waals surface area (Å²) in [6.45, 7) is 7.23. The van der Waals surface area contributed by atoms with Gasteiger partial charge in [-0.3, -0.25) is 4.79 Å². The number of ketones is 1. The van der Waals surface area contributed by atoms with Gasteiger partial charge < -0.3 is 9.64 Å². The number of fused-ring (bicyclic) bond motifs is 1. The van der Waals surface area contributed by atoms with E-state index in [0.29, 0.717) is 12.3 Å². The summed E-state index contributed by atoms with van der Waals surface area (Å²) in [5.41, 5.74) is 3.01. The molecule has 0 spiro atoms. The lowest BCUT2D eigenvalue weighted by molar-refractivity contribution is 0.0184. The van der Waals surface area contributed by atoms with Crippen LogP contribution in [0.3, 0.4) is 0 Å². The summed E-state index contributed by atoms with van der Waals surface area (Å²) in [7, 11) is 0. The first-order valence-electron chi connectivity index (χ1n) is 8.95. The molecule has 0 bridgehead atoms. The first kappa shape index (κ1) is 17.0. The number of aryl methyl sites for hydroxylation is 1. The van der Waals surface area contributed by atoms with Gasteiger partial charge in [0.2, 0.25) is 0 Å². The Morgan fingerprint density at radius 1 is 1.21 bits per heavy atom. The Labute approximate surface area is 144 Å². The van der Waals surface area contributed by atoms with Crippen LogP contribution in [0.15, 0.2) is 18.2 Å². The number of ether oxygens (including phenoxy) is 1. The molecule has 1 aromatic rings. The fourth-order valence-corrected chi connectivity index (χ4v) is 3.62. The smallest absolute Gasteiger partial charge is 0.410 e. The van der Waals surface area contributed by atoms with Gasteiger partial charge in [0.25, 0.3) is 0 Å². The van der Waals surface area contributed by atoms with Crippen LogP contribution in [-0.4, -0.2) is 35.5 Å². The standard InChI is InChI=1S/C20H27NO3/c1-20(2,3)24-19(23)21-10-8-14(9-11-21)12-15-4-6-17-16(13-15)5-7-18(17)22/h4,6,13-14H,5,7-12H2,1-3H3. The Balaban J connectivity index is 1.53. The highest BCUT2D eigenvalue weighted by Crippen LogP contribution is 2.27. The van der Waals surface area contributed by atoms with Gasteiger partial charge in [-0.15, -0.1) is 0 Å². The van der Waals surface area contributed by atoms with Crippen molar-refractivity contribution in [1.29, 1.82) is 0 Å². The molecule has 1 saturated heterocycles. The molecule has 2 aliphatic rings. The molecular formula is C20H27NO3. The lowest BCUT2D eigenvalue weighted by Gasteiger charge is -2.33. The van der Waals surface area contributed by atoms with Crippen molar-refractivity contribution in [3.05, 3.63) is 34.9 Å². The lowest BCUT2D eigenvalue weighted by Crippen LogP contribution is -2.42. The third-order valence-corrected chi connectivity index (χ3v) is 4.88. The molecule has 4 heteroatoms. The average Bonchev–Trinajstić information content (AvgIpc) is 2.87. The highest BCUT2D eigenvalue weighted by molar-refractivity contribution is 6.00. The normalized spacial score (nSPS) is 18.6. The van der Waals surface area contributed by atoms with Crippen molar-refractivity contribution in [2.24, 2.45) is 5.92 Å². The van der Waals surface area contributed by atoms with Crippen LogP contribution < -0.4 is 0 Å². The van der Waals surface area contributed by atoms with Crippen LogP contribution in [-0.2, 0) is 17.6 Å². The minimum absolute atomic E-state index is 0.197. The maximum absolute atomic E-state index is 12.1. The van der Waals surface area contributed by atoms with Gasteiger partial charge >= 0.3 is 6.09 Å². The maximum atomic E-state index is 12.1. The molecule has 1 aliphatic heterocycles. The summed E-state index contributed by atoms with van der Waals surface area (Å²) in [5, 5.41) is 0. The highest BCUT2D eigenvalue weighted by Gasteiger charge is 2.27. The fourth-order valence-electron chi connectivity index (χ4n) is 3.62. The Morgan fingerprint density at radius 2 is 1.92 bits per heavy atom. The third kappa shape index (κ3) is 3.97. The number of amides is 1. The van der Waals surface area contributed by atoms with Crippen molar-refractivity contribution in [2.45, 2.75) is 58.5 Å². The number of piperidine rings is 1. The minimum Gasteiger partial charge on any atom is -0.444 e. The first-order chi connectivity index (χ1) is 11.3. The molecule has 24 heavy (non-hydrogen) atoms. The zero-order chi connectivity index (χ0) is 17.3. The van der Waals surface area contributed by atoms with Crippen molar-refractivity contribution in [1.82, 2.24) is 4.90 Å². The van der Waals surface area contributed by atoms with E-state index in [1.54, 1.807) is 0 Å². The van der Waals surface area contributed by atoms with E-state index in [4.69, 9.17) is 4.74 Å². The van der Waals surface area contributed by atoms with Gasteiger partial charge in [0.1, 0.15) is 5.60 Å². The summed E-state index contributed by atoms with van der Waals surface area (Å²) in [6.07, 6.45) is 4.40.